The van der Waals surface area contributed by atoms with E-state index in [0.29, 0.717) is 16.1 Å². The van der Waals surface area contributed by atoms with Gasteiger partial charge in [-0.15, -0.1) is 11.3 Å². The first kappa shape index (κ1) is 13.3. The van der Waals surface area contributed by atoms with Gasteiger partial charge in [0, 0.05) is 21.0 Å². The maximum absolute atomic E-state index is 13.0. The van der Waals surface area contributed by atoms with E-state index in [-0.39, 0.29) is 5.39 Å². The molecule has 0 fully saturated rings. The second-order valence-corrected chi connectivity index (χ2v) is 5.81. The van der Waals surface area contributed by atoms with E-state index in [4.69, 9.17) is 0 Å². The van der Waals surface area contributed by atoms with E-state index in [1.807, 2.05) is 24.3 Å². The molecule has 2 aromatic heterocycles. The maximum Gasteiger partial charge on any atom is 0.417 e. The molecule has 1 N–H and O–H groups in total. The highest BCUT2D eigenvalue weighted by Gasteiger charge is 2.34. The summed E-state index contributed by atoms with van der Waals surface area (Å²) in [5, 5.41) is 1.38. The fraction of sp³-hybridized carbons (Fsp3) is 0.0625. The van der Waals surface area contributed by atoms with Crippen LogP contribution in [0.5, 0.6) is 0 Å². The number of thiophene rings is 1. The number of rotatable bonds is 1. The lowest BCUT2D eigenvalue weighted by atomic mass is 10.1. The number of halogens is 3. The second-order valence-electron chi connectivity index (χ2n) is 4.93. The predicted molar refractivity (Wildman–Crippen MR) is 81.9 cm³/mol. The van der Waals surface area contributed by atoms with E-state index in [1.165, 1.54) is 6.07 Å². The summed E-state index contributed by atoms with van der Waals surface area (Å²) in [6, 6.07) is 12.4. The Labute approximate surface area is 127 Å². The van der Waals surface area contributed by atoms with E-state index in [9.17, 15) is 13.2 Å². The van der Waals surface area contributed by atoms with Gasteiger partial charge in [-0.25, -0.2) is 4.98 Å². The van der Waals surface area contributed by atoms with Crippen LogP contribution in [0.4, 0.5) is 13.2 Å². The van der Waals surface area contributed by atoms with Gasteiger partial charge in [-0.2, -0.15) is 13.2 Å². The quantitative estimate of drug-likeness (QED) is 0.496. The third-order valence-electron chi connectivity index (χ3n) is 3.55. The minimum absolute atomic E-state index is 0.218. The Kier molecular flexibility index (Phi) is 2.77. The number of para-hydroxylation sites is 2. The minimum atomic E-state index is -4.34. The SMILES string of the molecule is FC(F)(F)c1csc2c(-c3nc4ccccc4[nH]3)cccc12. The first-order valence-corrected chi connectivity index (χ1v) is 7.44. The highest BCUT2D eigenvalue weighted by atomic mass is 32.1. The molecule has 0 atom stereocenters. The second kappa shape index (κ2) is 4.58. The van der Waals surface area contributed by atoms with Crippen molar-refractivity contribution in [1.82, 2.24) is 9.97 Å². The number of benzene rings is 2. The molecule has 22 heavy (non-hydrogen) atoms. The van der Waals surface area contributed by atoms with Crippen molar-refractivity contribution in [2.45, 2.75) is 6.18 Å². The summed E-state index contributed by atoms with van der Waals surface area (Å²) in [4.78, 5) is 7.64. The molecular formula is C16H9F3N2S. The third kappa shape index (κ3) is 1.99. The van der Waals surface area contributed by atoms with Gasteiger partial charge in [0.05, 0.1) is 16.6 Å². The van der Waals surface area contributed by atoms with Crippen LogP contribution in [0.25, 0.3) is 32.5 Å². The molecule has 2 heterocycles. The average Bonchev–Trinajstić information content (AvgIpc) is 3.10. The standard InChI is InChI=1S/C16H9F3N2S/c17-16(18,19)11-8-22-14-9(11)4-3-5-10(14)15-20-12-6-1-2-7-13(12)21-15/h1-8H,(H,20,21). The molecule has 0 aliphatic rings. The van der Waals surface area contributed by atoms with Gasteiger partial charge in [-0.1, -0.05) is 24.3 Å². The van der Waals surface area contributed by atoms with E-state index in [2.05, 4.69) is 9.97 Å². The van der Waals surface area contributed by atoms with Crippen molar-refractivity contribution in [1.29, 1.82) is 0 Å². The van der Waals surface area contributed by atoms with Gasteiger partial charge in [0.25, 0.3) is 0 Å². The van der Waals surface area contributed by atoms with Crippen molar-refractivity contribution < 1.29 is 13.2 Å². The smallest absolute Gasteiger partial charge is 0.338 e. The van der Waals surface area contributed by atoms with Crippen molar-refractivity contribution in [3.8, 4) is 11.4 Å². The molecule has 0 spiro atoms. The van der Waals surface area contributed by atoms with Gasteiger partial charge in [0.15, 0.2) is 0 Å². The fourth-order valence-corrected chi connectivity index (χ4v) is 3.64. The average molecular weight is 318 g/mol. The molecule has 2 aromatic carbocycles. The zero-order chi connectivity index (χ0) is 15.3. The molecule has 4 aromatic rings. The van der Waals surface area contributed by atoms with Gasteiger partial charge in [0.1, 0.15) is 5.82 Å². The number of hydrogen-bond acceptors (Lipinski definition) is 2. The Morgan fingerprint density at radius 2 is 1.82 bits per heavy atom. The number of alkyl halides is 3. The molecule has 0 radical (unpaired) electrons. The van der Waals surface area contributed by atoms with Crippen LogP contribution in [-0.2, 0) is 6.18 Å². The molecule has 110 valence electrons. The maximum atomic E-state index is 13.0. The summed E-state index contributed by atoms with van der Waals surface area (Å²) in [7, 11) is 0. The van der Waals surface area contributed by atoms with Gasteiger partial charge in [-0.3, -0.25) is 0 Å². The normalized spacial score (nSPS) is 12.3. The number of fused-ring (bicyclic) bond motifs is 2. The topological polar surface area (TPSA) is 28.7 Å². The van der Waals surface area contributed by atoms with Crippen LogP contribution in [-0.4, -0.2) is 9.97 Å². The zero-order valence-corrected chi connectivity index (χ0v) is 11.9. The highest BCUT2D eigenvalue weighted by molar-refractivity contribution is 7.18. The zero-order valence-electron chi connectivity index (χ0n) is 11.1. The number of nitrogens with one attached hydrogen (secondary N) is 1. The van der Waals surface area contributed by atoms with Crippen LogP contribution in [0.2, 0.25) is 0 Å². The third-order valence-corrected chi connectivity index (χ3v) is 4.58. The summed E-state index contributed by atoms with van der Waals surface area (Å²) in [5.41, 5.74) is 1.75. The van der Waals surface area contributed by atoms with Crippen LogP contribution in [0.1, 0.15) is 5.56 Å². The Hall–Kier alpha value is -2.34. The van der Waals surface area contributed by atoms with E-state index in [1.54, 1.807) is 12.1 Å². The predicted octanol–water partition coefficient (Wildman–Crippen LogP) is 5.46. The van der Waals surface area contributed by atoms with Crippen molar-refractivity contribution in [3.05, 3.63) is 53.4 Å². The molecule has 4 rings (SSSR count). The molecule has 0 saturated heterocycles. The number of aromatic nitrogens is 2. The number of nitrogens with zero attached hydrogens (tertiary/aromatic N) is 1. The van der Waals surface area contributed by atoms with Crippen molar-refractivity contribution in [2.75, 3.05) is 0 Å². The lowest BCUT2D eigenvalue weighted by Gasteiger charge is -2.05. The first-order chi connectivity index (χ1) is 10.5. The van der Waals surface area contributed by atoms with E-state index in [0.717, 1.165) is 27.8 Å². The summed E-state index contributed by atoms with van der Waals surface area (Å²) < 4.78 is 39.7. The fourth-order valence-electron chi connectivity index (χ4n) is 2.54. The number of H-pyrrole nitrogens is 1. The highest BCUT2D eigenvalue weighted by Crippen LogP contribution is 2.41. The molecule has 0 aliphatic heterocycles. The van der Waals surface area contributed by atoms with Crippen LogP contribution >= 0.6 is 11.3 Å². The number of aromatic amines is 1. The molecule has 0 aliphatic carbocycles. The van der Waals surface area contributed by atoms with Crippen molar-refractivity contribution >= 4 is 32.5 Å². The molecule has 0 saturated carbocycles. The Balaban J connectivity index is 1.97. The van der Waals surface area contributed by atoms with E-state index >= 15 is 0 Å². The Bertz CT molecular complexity index is 949. The lowest BCUT2D eigenvalue weighted by molar-refractivity contribution is -0.136. The van der Waals surface area contributed by atoms with Crippen molar-refractivity contribution in [3.63, 3.8) is 0 Å². The molecule has 0 amide bonds. The summed E-state index contributed by atoms with van der Waals surface area (Å²) in [6.07, 6.45) is -4.34. The largest absolute Gasteiger partial charge is 0.417 e. The minimum Gasteiger partial charge on any atom is -0.338 e. The van der Waals surface area contributed by atoms with Crippen LogP contribution in [0, 0.1) is 0 Å². The van der Waals surface area contributed by atoms with Crippen LogP contribution < -0.4 is 0 Å². The van der Waals surface area contributed by atoms with Crippen LogP contribution in [0.3, 0.4) is 0 Å². The lowest BCUT2D eigenvalue weighted by Crippen LogP contribution is -2.03. The van der Waals surface area contributed by atoms with Gasteiger partial charge >= 0.3 is 6.18 Å². The Morgan fingerprint density at radius 1 is 1.00 bits per heavy atom. The van der Waals surface area contributed by atoms with Gasteiger partial charge in [0.2, 0.25) is 0 Å². The number of imidazole rings is 1. The van der Waals surface area contributed by atoms with Gasteiger partial charge in [-0.05, 0) is 18.2 Å². The molecule has 0 unspecified atom stereocenters. The molecule has 2 nitrogen and oxygen atoms in total. The molecule has 6 heteroatoms. The Morgan fingerprint density at radius 3 is 2.59 bits per heavy atom. The monoisotopic (exact) mass is 318 g/mol. The van der Waals surface area contributed by atoms with Crippen molar-refractivity contribution in [2.24, 2.45) is 0 Å². The summed E-state index contributed by atoms with van der Waals surface area (Å²) in [6.45, 7) is 0. The first-order valence-electron chi connectivity index (χ1n) is 6.56. The molecular weight excluding hydrogens is 309 g/mol. The van der Waals surface area contributed by atoms with Crippen LogP contribution in [0.15, 0.2) is 47.8 Å². The molecule has 0 bridgehead atoms. The van der Waals surface area contributed by atoms with E-state index < -0.39 is 11.7 Å². The summed E-state index contributed by atoms with van der Waals surface area (Å²) >= 11 is 1.09. The van der Waals surface area contributed by atoms with Gasteiger partial charge < -0.3 is 4.98 Å². The number of hydrogen-bond donors (Lipinski definition) is 1. The summed E-state index contributed by atoms with van der Waals surface area (Å²) in [5.74, 6) is 0.586.